The minimum absolute atomic E-state index is 0.439. The number of hydrogen-bond acceptors (Lipinski definition) is 5. The fraction of sp³-hybridized carbons (Fsp3) is 0.0635. The van der Waals surface area contributed by atoms with E-state index in [2.05, 4.69) is 158 Å². The van der Waals surface area contributed by atoms with Crippen molar-refractivity contribution in [1.29, 1.82) is 10.5 Å². The zero-order valence-corrected chi connectivity index (χ0v) is 39.0. The number of aryl methyl sites for hydroxylation is 4. The van der Waals surface area contributed by atoms with E-state index >= 15 is 0 Å². The topological polar surface area (TPSA) is 96.1 Å². The Morgan fingerprint density at radius 1 is 0.329 bits per heavy atom. The van der Waals surface area contributed by atoms with Gasteiger partial charge in [0.15, 0.2) is 17.5 Å². The van der Waals surface area contributed by atoms with E-state index in [4.69, 9.17) is 15.0 Å². The van der Waals surface area contributed by atoms with Gasteiger partial charge < -0.3 is 9.13 Å². The summed E-state index contributed by atoms with van der Waals surface area (Å²) in [4.78, 5) is 16.2. The Bertz CT molecular complexity index is 3830. The molecule has 12 rings (SSSR count). The van der Waals surface area contributed by atoms with Gasteiger partial charge in [0.05, 0.1) is 45.3 Å². The number of benzene rings is 9. The molecule has 0 aliphatic rings. The molecule has 0 spiro atoms. The molecule has 0 radical (unpaired) electrons. The Hall–Kier alpha value is -9.43. The molecule has 3 heterocycles. The average molecular weight is 898 g/mol. The van der Waals surface area contributed by atoms with E-state index in [0.717, 1.165) is 72.4 Å². The minimum atomic E-state index is 0.439. The first kappa shape index (κ1) is 42.0. The highest BCUT2D eigenvalue weighted by molar-refractivity contribution is 6.11. The molecule has 70 heavy (non-hydrogen) atoms. The quantitative estimate of drug-likeness (QED) is 0.159. The Morgan fingerprint density at radius 2 is 0.686 bits per heavy atom. The van der Waals surface area contributed by atoms with Crippen LogP contribution in [0.5, 0.6) is 0 Å². The number of hydrogen-bond donors (Lipinski definition) is 0. The molecule has 3 aromatic heterocycles. The summed E-state index contributed by atoms with van der Waals surface area (Å²) >= 11 is 0. The van der Waals surface area contributed by atoms with Crippen LogP contribution in [0.2, 0.25) is 0 Å². The van der Waals surface area contributed by atoms with Crippen molar-refractivity contribution in [2.24, 2.45) is 0 Å². The van der Waals surface area contributed by atoms with E-state index in [-0.39, 0.29) is 0 Å². The summed E-state index contributed by atoms with van der Waals surface area (Å²) in [5.74, 6) is 1.36. The van der Waals surface area contributed by atoms with Crippen molar-refractivity contribution < 1.29 is 0 Å². The molecule has 0 fully saturated rings. The highest BCUT2D eigenvalue weighted by Gasteiger charge is 2.23. The number of fused-ring (bicyclic) bond motifs is 6. The van der Waals surface area contributed by atoms with Crippen LogP contribution in [0, 0.1) is 50.4 Å². The second-order valence-electron chi connectivity index (χ2n) is 18.2. The maximum atomic E-state index is 10.5. The summed E-state index contributed by atoms with van der Waals surface area (Å²) < 4.78 is 4.62. The van der Waals surface area contributed by atoms with Crippen molar-refractivity contribution in [1.82, 2.24) is 24.1 Å². The summed E-state index contributed by atoms with van der Waals surface area (Å²) in [6.07, 6.45) is 0. The van der Waals surface area contributed by atoms with E-state index < -0.39 is 0 Å². The van der Waals surface area contributed by atoms with Crippen molar-refractivity contribution in [3.63, 3.8) is 0 Å². The second kappa shape index (κ2) is 16.7. The summed E-state index contributed by atoms with van der Waals surface area (Å²) in [6.45, 7) is 8.52. The third kappa shape index (κ3) is 7.00. The first-order chi connectivity index (χ1) is 34.2. The fourth-order valence-corrected chi connectivity index (χ4v) is 10.2. The normalized spacial score (nSPS) is 11.4. The van der Waals surface area contributed by atoms with Gasteiger partial charge in [-0.1, -0.05) is 125 Å². The lowest BCUT2D eigenvalue weighted by Crippen LogP contribution is -2.04. The van der Waals surface area contributed by atoms with Gasteiger partial charge in [0.1, 0.15) is 0 Å². The molecule has 0 aliphatic carbocycles. The highest BCUT2D eigenvalue weighted by atomic mass is 15.0. The SMILES string of the molecule is Cc1ccc2c(c1)c1cc(C)ccc1n2-c1ccc(-c2ccccc2C#N)c(-c2nc(-c3ccccc3)nc(-c3cc(-n4c5ccc(C)cc5c5cc(C)ccc54)ccc3-c3ccccc3C#N)n2)c1. The molecule has 0 amide bonds. The zero-order valence-electron chi connectivity index (χ0n) is 39.0. The van der Waals surface area contributed by atoms with Crippen LogP contribution in [-0.4, -0.2) is 24.1 Å². The molecule has 330 valence electrons. The lowest BCUT2D eigenvalue weighted by atomic mass is 9.94. The third-order valence-electron chi connectivity index (χ3n) is 13.5. The molecule has 12 aromatic rings. The average Bonchev–Trinajstić information content (AvgIpc) is 3.89. The Morgan fingerprint density at radius 3 is 1.07 bits per heavy atom. The maximum Gasteiger partial charge on any atom is 0.164 e. The maximum absolute atomic E-state index is 10.5. The third-order valence-corrected chi connectivity index (χ3v) is 13.5. The van der Waals surface area contributed by atoms with Crippen LogP contribution in [-0.2, 0) is 0 Å². The summed E-state index contributed by atoms with van der Waals surface area (Å²) in [7, 11) is 0. The summed E-state index contributed by atoms with van der Waals surface area (Å²) in [6, 6.07) is 69.4. The predicted octanol–water partition coefficient (Wildman–Crippen LogP) is 15.4. The smallest absolute Gasteiger partial charge is 0.164 e. The second-order valence-corrected chi connectivity index (χ2v) is 18.2. The van der Waals surface area contributed by atoms with Crippen LogP contribution in [0.3, 0.4) is 0 Å². The van der Waals surface area contributed by atoms with Crippen LogP contribution in [0.4, 0.5) is 0 Å². The van der Waals surface area contributed by atoms with E-state index in [1.54, 1.807) is 0 Å². The molecule has 0 saturated heterocycles. The van der Waals surface area contributed by atoms with E-state index in [1.807, 2.05) is 78.9 Å². The van der Waals surface area contributed by atoms with Gasteiger partial charge in [-0.15, -0.1) is 0 Å². The van der Waals surface area contributed by atoms with E-state index in [9.17, 15) is 10.5 Å². The summed E-state index contributed by atoms with van der Waals surface area (Å²) in [5.41, 5.74) is 17.4. The van der Waals surface area contributed by atoms with Crippen molar-refractivity contribution in [2.75, 3.05) is 0 Å². The van der Waals surface area contributed by atoms with E-state index in [0.29, 0.717) is 28.6 Å². The first-order valence-corrected chi connectivity index (χ1v) is 23.4. The molecule has 0 saturated carbocycles. The molecule has 0 aliphatic heterocycles. The highest BCUT2D eigenvalue weighted by Crippen LogP contribution is 2.42. The molecule has 7 nitrogen and oxygen atoms in total. The molecule has 7 heteroatoms. The number of nitriles is 2. The van der Waals surface area contributed by atoms with Gasteiger partial charge in [-0.2, -0.15) is 10.5 Å². The molecule has 0 bridgehead atoms. The van der Waals surface area contributed by atoms with Crippen molar-refractivity contribution >= 4 is 43.6 Å². The van der Waals surface area contributed by atoms with Crippen molar-refractivity contribution in [3.8, 4) is 79.9 Å². The van der Waals surface area contributed by atoms with Gasteiger partial charge in [0, 0.05) is 60.7 Å². The van der Waals surface area contributed by atoms with Crippen LogP contribution in [0.25, 0.3) is 111 Å². The summed E-state index contributed by atoms with van der Waals surface area (Å²) in [5, 5.41) is 25.8. The molecule has 9 aromatic carbocycles. The predicted molar refractivity (Wildman–Crippen MR) is 284 cm³/mol. The first-order valence-electron chi connectivity index (χ1n) is 23.4. The van der Waals surface area contributed by atoms with Crippen LogP contribution >= 0.6 is 0 Å². The Labute approximate surface area is 405 Å². The zero-order chi connectivity index (χ0) is 47.6. The number of rotatable bonds is 7. The van der Waals surface area contributed by atoms with Gasteiger partial charge in [-0.25, -0.2) is 15.0 Å². The molecular formula is C63H43N7. The van der Waals surface area contributed by atoms with Gasteiger partial charge in [0.25, 0.3) is 0 Å². The largest absolute Gasteiger partial charge is 0.309 e. The van der Waals surface area contributed by atoms with Gasteiger partial charge in [-0.3, -0.25) is 0 Å². The number of aromatic nitrogens is 5. The number of nitrogens with zero attached hydrogens (tertiary/aromatic N) is 7. The van der Waals surface area contributed by atoms with Gasteiger partial charge >= 0.3 is 0 Å². The van der Waals surface area contributed by atoms with Crippen molar-refractivity contribution in [2.45, 2.75) is 27.7 Å². The van der Waals surface area contributed by atoms with E-state index in [1.165, 1.54) is 43.8 Å². The van der Waals surface area contributed by atoms with Crippen molar-refractivity contribution in [3.05, 3.63) is 221 Å². The molecular weight excluding hydrogens is 855 g/mol. The van der Waals surface area contributed by atoms with Gasteiger partial charge in [-0.05, 0) is 124 Å². The minimum Gasteiger partial charge on any atom is -0.309 e. The van der Waals surface area contributed by atoms with Crippen LogP contribution < -0.4 is 0 Å². The molecule has 0 unspecified atom stereocenters. The van der Waals surface area contributed by atoms with Gasteiger partial charge in [0.2, 0.25) is 0 Å². The lowest BCUT2D eigenvalue weighted by molar-refractivity contribution is 1.07. The molecule has 0 N–H and O–H groups in total. The standard InChI is InChI=1S/C63H43N7/c1-38-18-26-57-51(30-38)52-31-39(2)19-27-58(52)69(57)45-22-24-49(47-16-10-8-14-43(47)36-64)55(34-45)62-66-61(42-12-6-5-7-13-42)67-63(68-62)56-35-46(23-25-50(56)48-17-11-9-15-44(48)37-65)70-59-28-20-40(3)32-53(59)54-33-41(4)21-29-60(54)70/h5-35H,1-4H3. The van der Waals surface area contributed by atoms with Crippen LogP contribution in [0.1, 0.15) is 33.4 Å². The Balaban J connectivity index is 1.18. The Kier molecular flexibility index (Phi) is 10.0. The monoisotopic (exact) mass is 897 g/mol. The molecule has 0 atom stereocenters. The van der Waals surface area contributed by atoms with Crippen LogP contribution in [0.15, 0.2) is 188 Å². The fourth-order valence-electron chi connectivity index (χ4n) is 10.2. The lowest BCUT2D eigenvalue weighted by Gasteiger charge is -2.18.